The van der Waals surface area contributed by atoms with Crippen LogP contribution in [0.1, 0.15) is 42.7 Å². The second kappa shape index (κ2) is 9.54. The van der Waals surface area contributed by atoms with Crippen molar-refractivity contribution in [2.24, 2.45) is 5.92 Å². The lowest BCUT2D eigenvalue weighted by molar-refractivity contribution is 0.0299. The summed E-state index contributed by atoms with van der Waals surface area (Å²) in [7, 11) is 0. The van der Waals surface area contributed by atoms with Gasteiger partial charge in [0.25, 0.3) is 5.91 Å². The molecule has 1 aliphatic rings. The zero-order chi connectivity index (χ0) is 20.1. The van der Waals surface area contributed by atoms with Crippen LogP contribution in [0.15, 0.2) is 34.9 Å². The van der Waals surface area contributed by atoms with Gasteiger partial charge in [-0.05, 0) is 30.5 Å². The molecule has 1 amide bonds. The van der Waals surface area contributed by atoms with E-state index in [4.69, 9.17) is 20.8 Å². The summed E-state index contributed by atoms with van der Waals surface area (Å²) in [6.07, 6.45) is 1.47. The molecule has 1 atom stereocenters. The van der Waals surface area contributed by atoms with Crippen molar-refractivity contribution in [2.75, 3.05) is 26.3 Å². The SMILES string of the molecule is CC(C)C(C)N(Cc1ccc(Cl)cc1)Cc1nc(C(=O)N2CCOCC2)co1. The summed E-state index contributed by atoms with van der Waals surface area (Å²) in [5, 5.41) is 0.728. The maximum Gasteiger partial charge on any atom is 0.275 e. The van der Waals surface area contributed by atoms with Gasteiger partial charge in [-0.15, -0.1) is 0 Å². The first-order valence-electron chi connectivity index (χ1n) is 9.74. The molecule has 1 fully saturated rings. The quantitative estimate of drug-likeness (QED) is 0.700. The normalized spacial score (nSPS) is 16.0. The predicted octanol–water partition coefficient (Wildman–Crippen LogP) is 3.85. The molecule has 0 spiro atoms. The topological polar surface area (TPSA) is 58.8 Å². The van der Waals surface area contributed by atoms with E-state index in [9.17, 15) is 4.79 Å². The number of morpholine rings is 1. The number of nitrogens with zero attached hydrogens (tertiary/aromatic N) is 3. The number of rotatable bonds is 7. The summed E-state index contributed by atoms with van der Waals surface area (Å²) < 4.78 is 10.9. The highest BCUT2D eigenvalue weighted by molar-refractivity contribution is 6.30. The van der Waals surface area contributed by atoms with Crippen molar-refractivity contribution in [3.8, 4) is 0 Å². The number of amides is 1. The van der Waals surface area contributed by atoms with Gasteiger partial charge < -0.3 is 14.1 Å². The van der Waals surface area contributed by atoms with Crippen LogP contribution in [0.4, 0.5) is 0 Å². The minimum absolute atomic E-state index is 0.0977. The Morgan fingerprint density at radius 3 is 2.50 bits per heavy atom. The van der Waals surface area contributed by atoms with E-state index in [2.05, 4.69) is 30.7 Å². The molecule has 2 heterocycles. The van der Waals surface area contributed by atoms with Crippen LogP contribution >= 0.6 is 11.6 Å². The molecule has 2 aromatic rings. The van der Waals surface area contributed by atoms with Gasteiger partial charge in [0, 0.05) is 30.7 Å². The summed E-state index contributed by atoms with van der Waals surface area (Å²) in [4.78, 5) is 21.1. The number of benzene rings is 1. The van der Waals surface area contributed by atoms with Gasteiger partial charge in [-0.3, -0.25) is 9.69 Å². The Bertz CT molecular complexity index is 769. The first-order chi connectivity index (χ1) is 13.4. The molecule has 3 rings (SSSR count). The van der Waals surface area contributed by atoms with E-state index < -0.39 is 0 Å². The molecule has 1 unspecified atom stereocenters. The highest BCUT2D eigenvalue weighted by atomic mass is 35.5. The molecule has 0 radical (unpaired) electrons. The Kier molecular flexibility index (Phi) is 7.10. The molecule has 1 saturated heterocycles. The molecule has 0 bridgehead atoms. The van der Waals surface area contributed by atoms with Crippen LogP contribution in [0, 0.1) is 5.92 Å². The van der Waals surface area contributed by atoms with Crippen LogP contribution in [0.3, 0.4) is 0 Å². The van der Waals surface area contributed by atoms with Crippen LogP contribution in [0.25, 0.3) is 0 Å². The summed E-state index contributed by atoms with van der Waals surface area (Å²) in [6.45, 7) is 10.2. The van der Waals surface area contributed by atoms with Crippen LogP contribution in [0.5, 0.6) is 0 Å². The molecule has 1 aromatic carbocycles. The van der Waals surface area contributed by atoms with E-state index in [1.54, 1.807) is 4.90 Å². The Morgan fingerprint density at radius 2 is 1.86 bits per heavy atom. The van der Waals surface area contributed by atoms with Gasteiger partial charge in [-0.25, -0.2) is 4.98 Å². The zero-order valence-electron chi connectivity index (χ0n) is 16.7. The van der Waals surface area contributed by atoms with Gasteiger partial charge in [-0.2, -0.15) is 0 Å². The average molecular weight is 406 g/mol. The number of aromatic nitrogens is 1. The first-order valence-corrected chi connectivity index (χ1v) is 10.1. The largest absolute Gasteiger partial charge is 0.447 e. The van der Waals surface area contributed by atoms with Gasteiger partial charge >= 0.3 is 0 Å². The number of carbonyl (C=O) groups is 1. The summed E-state index contributed by atoms with van der Waals surface area (Å²) in [5.41, 5.74) is 1.54. The molecule has 1 aromatic heterocycles. The van der Waals surface area contributed by atoms with Crippen molar-refractivity contribution < 1.29 is 13.9 Å². The van der Waals surface area contributed by atoms with Gasteiger partial charge in [-0.1, -0.05) is 37.6 Å². The number of oxazole rings is 1. The van der Waals surface area contributed by atoms with Crippen LogP contribution in [0.2, 0.25) is 5.02 Å². The van der Waals surface area contributed by atoms with E-state index in [0.29, 0.717) is 56.4 Å². The molecule has 28 heavy (non-hydrogen) atoms. The Morgan fingerprint density at radius 1 is 1.18 bits per heavy atom. The fraction of sp³-hybridized carbons (Fsp3) is 0.524. The lowest BCUT2D eigenvalue weighted by Crippen LogP contribution is -2.40. The number of hydrogen-bond acceptors (Lipinski definition) is 5. The Balaban J connectivity index is 1.70. The van der Waals surface area contributed by atoms with Crippen molar-refractivity contribution >= 4 is 17.5 Å². The van der Waals surface area contributed by atoms with Gasteiger partial charge in [0.05, 0.1) is 19.8 Å². The van der Waals surface area contributed by atoms with Gasteiger partial charge in [0.2, 0.25) is 5.89 Å². The molecule has 0 aliphatic carbocycles. The van der Waals surface area contributed by atoms with Crippen LogP contribution < -0.4 is 0 Å². The zero-order valence-corrected chi connectivity index (χ0v) is 17.5. The monoisotopic (exact) mass is 405 g/mol. The second-order valence-electron chi connectivity index (χ2n) is 7.55. The lowest BCUT2D eigenvalue weighted by Gasteiger charge is -2.30. The lowest BCUT2D eigenvalue weighted by atomic mass is 10.0. The van der Waals surface area contributed by atoms with E-state index in [1.165, 1.54) is 11.8 Å². The smallest absolute Gasteiger partial charge is 0.275 e. The van der Waals surface area contributed by atoms with E-state index in [0.717, 1.165) is 11.6 Å². The first kappa shape index (κ1) is 20.8. The van der Waals surface area contributed by atoms with Crippen molar-refractivity contribution in [3.05, 3.63) is 52.7 Å². The fourth-order valence-electron chi connectivity index (χ4n) is 3.17. The standard InChI is InChI=1S/C21H28ClN3O3/c1-15(2)16(3)25(12-17-4-6-18(22)7-5-17)13-20-23-19(14-28-20)21(26)24-8-10-27-11-9-24/h4-7,14-16H,8-13H2,1-3H3. The van der Waals surface area contributed by atoms with Crippen molar-refractivity contribution in [1.29, 1.82) is 0 Å². The Labute approximate surface area is 171 Å². The van der Waals surface area contributed by atoms with Crippen molar-refractivity contribution in [1.82, 2.24) is 14.8 Å². The highest BCUT2D eigenvalue weighted by Gasteiger charge is 2.24. The Hall–Kier alpha value is -1.89. The third kappa shape index (κ3) is 5.34. The third-order valence-electron chi connectivity index (χ3n) is 5.25. The van der Waals surface area contributed by atoms with Gasteiger partial charge in [0.1, 0.15) is 6.26 Å². The van der Waals surface area contributed by atoms with Crippen LogP contribution in [-0.2, 0) is 17.8 Å². The summed E-state index contributed by atoms with van der Waals surface area (Å²) in [6, 6.07) is 8.19. The molecular weight excluding hydrogens is 378 g/mol. The van der Waals surface area contributed by atoms with E-state index in [1.807, 2.05) is 24.3 Å². The number of carbonyl (C=O) groups excluding carboxylic acids is 1. The van der Waals surface area contributed by atoms with E-state index in [-0.39, 0.29) is 5.91 Å². The fourth-order valence-corrected chi connectivity index (χ4v) is 3.30. The summed E-state index contributed by atoms with van der Waals surface area (Å²) in [5.74, 6) is 0.925. The maximum atomic E-state index is 12.6. The number of hydrogen-bond donors (Lipinski definition) is 0. The number of halogens is 1. The molecule has 152 valence electrons. The summed E-state index contributed by atoms with van der Waals surface area (Å²) >= 11 is 6.01. The highest BCUT2D eigenvalue weighted by Crippen LogP contribution is 2.19. The van der Waals surface area contributed by atoms with Crippen molar-refractivity contribution in [2.45, 2.75) is 39.9 Å². The second-order valence-corrected chi connectivity index (χ2v) is 7.98. The molecule has 6 nitrogen and oxygen atoms in total. The average Bonchev–Trinajstić information content (AvgIpc) is 3.17. The minimum Gasteiger partial charge on any atom is -0.447 e. The predicted molar refractivity (Wildman–Crippen MR) is 108 cm³/mol. The molecule has 7 heteroatoms. The minimum atomic E-state index is -0.0977. The van der Waals surface area contributed by atoms with Gasteiger partial charge in [0.15, 0.2) is 5.69 Å². The van der Waals surface area contributed by atoms with Crippen LogP contribution in [-0.4, -0.2) is 53.0 Å². The maximum absolute atomic E-state index is 12.6. The molecular formula is C21H28ClN3O3. The third-order valence-corrected chi connectivity index (χ3v) is 5.50. The number of ether oxygens (including phenoxy) is 1. The molecule has 0 N–H and O–H groups in total. The molecule has 1 aliphatic heterocycles. The molecule has 0 saturated carbocycles. The van der Waals surface area contributed by atoms with E-state index >= 15 is 0 Å². The van der Waals surface area contributed by atoms with Crippen molar-refractivity contribution in [3.63, 3.8) is 0 Å².